The third-order valence-corrected chi connectivity index (χ3v) is 6.21. The molecule has 0 fully saturated rings. The number of aromatic nitrogens is 5. The predicted molar refractivity (Wildman–Crippen MR) is 138 cm³/mol. The van der Waals surface area contributed by atoms with E-state index in [0.29, 0.717) is 5.95 Å². The van der Waals surface area contributed by atoms with Crippen molar-refractivity contribution < 1.29 is 0 Å². The molecule has 4 N–H and O–H groups in total. The number of unbranched alkanes of at least 4 members (excludes halogenated alkanes) is 14. The van der Waals surface area contributed by atoms with Gasteiger partial charge >= 0.3 is 0 Å². The third kappa shape index (κ3) is 11.0. The number of aryl methyl sites for hydroxylation is 2. The quantitative estimate of drug-likeness (QED) is 0.230. The maximum atomic E-state index is 5.77. The number of anilines is 2. The smallest absolute Gasteiger partial charge is 0.241 e. The van der Waals surface area contributed by atoms with Gasteiger partial charge in [-0.15, -0.1) is 0 Å². The monoisotopic (exact) mass is 457 g/mol. The van der Waals surface area contributed by atoms with Crippen molar-refractivity contribution in [3.63, 3.8) is 0 Å². The van der Waals surface area contributed by atoms with Crippen molar-refractivity contribution in [2.75, 3.05) is 11.5 Å². The number of rotatable bonds is 19. The molecule has 0 radical (unpaired) electrons. The van der Waals surface area contributed by atoms with E-state index >= 15 is 0 Å². The summed E-state index contributed by atoms with van der Waals surface area (Å²) >= 11 is 0. The normalized spacial score (nSPS) is 11.3. The lowest BCUT2D eigenvalue weighted by molar-refractivity contribution is 0.531. The van der Waals surface area contributed by atoms with Crippen molar-refractivity contribution in [1.82, 2.24) is 24.5 Å². The molecule has 0 aliphatic carbocycles. The van der Waals surface area contributed by atoms with Crippen molar-refractivity contribution in [2.24, 2.45) is 0 Å². The summed E-state index contributed by atoms with van der Waals surface area (Å²) in [7, 11) is 0. The molecule has 0 amide bonds. The zero-order valence-corrected chi connectivity index (χ0v) is 21.2. The van der Waals surface area contributed by atoms with Gasteiger partial charge in [0.1, 0.15) is 5.82 Å². The average molecular weight is 458 g/mol. The Morgan fingerprint density at radius 2 is 1.06 bits per heavy atom. The first-order chi connectivity index (χ1) is 16.1. The largest absolute Gasteiger partial charge is 0.368 e. The minimum Gasteiger partial charge on any atom is -0.368 e. The number of imidazole rings is 1. The molecule has 0 saturated heterocycles. The molecule has 2 rings (SSSR count). The van der Waals surface area contributed by atoms with E-state index in [-0.39, 0.29) is 11.9 Å². The van der Waals surface area contributed by atoms with Crippen LogP contribution in [-0.2, 0) is 12.8 Å². The Balaban J connectivity index is 1.61. The molecule has 0 spiro atoms. The molecule has 0 unspecified atom stereocenters. The van der Waals surface area contributed by atoms with Crippen molar-refractivity contribution in [3.8, 4) is 5.95 Å². The SMILES string of the molecule is CCCCCCCCCCCCCCCCCc1nc(CCC)cn1-c1nc(N)nc(N)n1. The Bertz CT molecular complexity index is 752. The Morgan fingerprint density at radius 3 is 1.55 bits per heavy atom. The highest BCUT2D eigenvalue weighted by Gasteiger charge is 2.13. The van der Waals surface area contributed by atoms with Gasteiger partial charge in [-0.05, 0) is 12.8 Å². The van der Waals surface area contributed by atoms with E-state index in [1.54, 1.807) is 0 Å². The first kappa shape index (κ1) is 27.1. The van der Waals surface area contributed by atoms with Gasteiger partial charge in [0.25, 0.3) is 0 Å². The summed E-state index contributed by atoms with van der Waals surface area (Å²) in [5.74, 6) is 1.73. The highest BCUT2D eigenvalue weighted by molar-refractivity contribution is 5.32. The van der Waals surface area contributed by atoms with Gasteiger partial charge in [-0.25, -0.2) is 4.98 Å². The third-order valence-electron chi connectivity index (χ3n) is 6.21. The van der Waals surface area contributed by atoms with Crippen LogP contribution in [-0.4, -0.2) is 24.5 Å². The first-order valence-electron chi connectivity index (χ1n) is 13.5. The second-order valence-electron chi connectivity index (χ2n) is 9.32. The van der Waals surface area contributed by atoms with E-state index in [2.05, 4.69) is 28.8 Å². The van der Waals surface area contributed by atoms with Gasteiger partial charge in [-0.1, -0.05) is 110 Å². The maximum absolute atomic E-state index is 5.77. The van der Waals surface area contributed by atoms with Crippen LogP contribution in [0.15, 0.2) is 6.20 Å². The molecular formula is C26H47N7. The second kappa shape index (κ2) is 16.4. The van der Waals surface area contributed by atoms with Crippen LogP contribution in [0.5, 0.6) is 0 Å². The summed E-state index contributed by atoms with van der Waals surface area (Å²) in [6, 6.07) is 0. The summed E-state index contributed by atoms with van der Waals surface area (Å²) in [4.78, 5) is 17.2. The number of nitrogens with two attached hydrogens (primary N) is 2. The average Bonchev–Trinajstić information content (AvgIpc) is 3.19. The molecule has 2 heterocycles. The fraction of sp³-hybridized carbons (Fsp3) is 0.769. The Hall–Kier alpha value is -2.18. The highest BCUT2D eigenvalue weighted by Crippen LogP contribution is 2.17. The number of nitrogen functional groups attached to an aromatic ring is 2. The van der Waals surface area contributed by atoms with Crippen LogP contribution < -0.4 is 11.5 Å². The molecule has 0 aromatic carbocycles. The van der Waals surface area contributed by atoms with Crippen molar-refractivity contribution in [2.45, 2.75) is 129 Å². The van der Waals surface area contributed by atoms with Gasteiger partial charge < -0.3 is 11.5 Å². The Morgan fingerprint density at radius 1 is 0.576 bits per heavy atom. The van der Waals surface area contributed by atoms with Crippen LogP contribution in [0.25, 0.3) is 5.95 Å². The van der Waals surface area contributed by atoms with Crippen LogP contribution in [0.2, 0.25) is 0 Å². The first-order valence-corrected chi connectivity index (χ1v) is 13.5. The van der Waals surface area contributed by atoms with Crippen molar-refractivity contribution in [3.05, 3.63) is 17.7 Å². The zero-order valence-electron chi connectivity index (χ0n) is 21.2. The number of nitrogens with zero attached hydrogens (tertiary/aromatic N) is 5. The molecule has 33 heavy (non-hydrogen) atoms. The van der Waals surface area contributed by atoms with Gasteiger partial charge in [0, 0.05) is 12.6 Å². The molecule has 0 aliphatic heterocycles. The van der Waals surface area contributed by atoms with Crippen LogP contribution in [0.1, 0.15) is 128 Å². The van der Waals surface area contributed by atoms with Crippen LogP contribution >= 0.6 is 0 Å². The standard InChI is InChI=1S/C26H47N7/c1-3-5-6-7-8-9-10-11-12-13-14-15-16-17-18-20-23-29-22(19-4-2)21-33(23)26-31-24(27)30-25(28)32-26/h21H,3-20H2,1-2H3,(H4,27,28,30,31,32). The lowest BCUT2D eigenvalue weighted by Gasteiger charge is -2.07. The predicted octanol–water partition coefficient (Wildman–Crippen LogP) is 6.59. The summed E-state index contributed by atoms with van der Waals surface area (Å²) in [5, 5.41) is 0. The van der Waals surface area contributed by atoms with Gasteiger partial charge in [0.15, 0.2) is 0 Å². The van der Waals surface area contributed by atoms with Gasteiger partial charge in [-0.2, -0.15) is 15.0 Å². The van der Waals surface area contributed by atoms with E-state index in [9.17, 15) is 0 Å². The lowest BCUT2D eigenvalue weighted by Crippen LogP contribution is -2.10. The van der Waals surface area contributed by atoms with Crippen LogP contribution in [0.3, 0.4) is 0 Å². The molecule has 0 aliphatic rings. The van der Waals surface area contributed by atoms with Crippen LogP contribution in [0.4, 0.5) is 11.9 Å². The summed E-state index contributed by atoms with van der Waals surface area (Å²) in [6.45, 7) is 4.44. The van der Waals surface area contributed by atoms with E-state index in [0.717, 1.165) is 37.2 Å². The van der Waals surface area contributed by atoms with Crippen molar-refractivity contribution in [1.29, 1.82) is 0 Å². The van der Waals surface area contributed by atoms with E-state index in [4.69, 9.17) is 16.5 Å². The molecule has 0 bridgehead atoms. The molecule has 2 aromatic heterocycles. The van der Waals surface area contributed by atoms with E-state index in [1.165, 1.54) is 89.9 Å². The van der Waals surface area contributed by atoms with Crippen LogP contribution in [0, 0.1) is 0 Å². The fourth-order valence-electron chi connectivity index (χ4n) is 4.36. The molecule has 0 atom stereocenters. The van der Waals surface area contributed by atoms with E-state index in [1.807, 2.05) is 10.8 Å². The minimum absolute atomic E-state index is 0.140. The molecular weight excluding hydrogens is 410 g/mol. The zero-order chi connectivity index (χ0) is 23.7. The Kier molecular flexibility index (Phi) is 13.5. The summed E-state index contributed by atoms with van der Waals surface area (Å²) in [6.07, 6.45) is 25.4. The van der Waals surface area contributed by atoms with Crippen molar-refractivity contribution >= 4 is 11.9 Å². The lowest BCUT2D eigenvalue weighted by atomic mass is 10.0. The number of hydrogen-bond donors (Lipinski definition) is 2. The summed E-state index contributed by atoms with van der Waals surface area (Å²) in [5.41, 5.74) is 12.6. The van der Waals surface area contributed by atoms with E-state index < -0.39 is 0 Å². The molecule has 186 valence electrons. The fourth-order valence-corrected chi connectivity index (χ4v) is 4.36. The van der Waals surface area contributed by atoms with Gasteiger partial charge in [0.05, 0.1) is 5.69 Å². The Labute approximate surface area is 201 Å². The second-order valence-corrected chi connectivity index (χ2v) is 9.32. The topological polar surface area (TPSA) is 109 Å². The summed E-state index contributed by atoms with van der Waals surface area (Å²) < 4.78 is 1.93. The molecule has 0 saturated carbocycles. The molecule has 7 nitrogen and oxygen atoms in total. The van der Waals surface area contributed by atoms with Gasteiger partial charge in [0.2, 0.25) is 17.8 Å². The van der Waals surface area contributed by atoms with Gasteiger partial charge in [-0.3, -0.25) is 4.57 Å². The number of hydrogen-bond acceptors (Lipinski definition) is 6. The molecule has 2 aromatic rings. The highest BCUT2D eigenvalue weighted by atomic mass is 15.3. The maximum Gasteiger partial charge on any atom is 0.241 e. The molecule has 7 heteroatoms. The minimum atomic E-state index is 0.140.